The Bertz CT molecular complexity index is 743. The molecular formula is C19H20ClNO3. The highest BCUT2D eigenvalue weighted by Crippen LogP contribution is 2.28. The summed E-state index contributed by atoms with van der Waals surface area (Å²) in [6.45, 7) is 1.91. The van der Waals surface area contributed by atoms with E-state index in [0.29, 0.717) is 16.5 Å². The lowest BCUT2D eigenvalue weighted by Gasteiger charge is -2.13. The van der Waals surface area contributed by atoms with Crippen molar-refractivity contribution in [3.63, 3.8) is 0 Å². The van der Waals surface area contributed by atoms with E-state index in [2.05, 4.69) is 5.32 Å². The van der Waals surface area contributed by atoms with Crippen molar-refractivity contribution in [1.82, 2.24) is 5.32 Å². The summed E-state index contributed by atoms with van der Waals surface area (Å²) in [6, 6.07) is 12.8. The summed E-state index contributed by atoms with van der Waals surface area (Å²) in [7, 11) is 3.16. The molecule has 0 aliphatic carbocycles. The van der Waals surface area contributed by atoms with Crippen LogP contribution < -0.4 is 14.8 Å². The predicted octanol–water partition coefficient (Wildman–Crippen LogP) is 4.25. The van der Waals surface area contributed by atoms with Crippen molar-refractivity contribution in [2.24, 2.45) is 0 Å². The first-order valence-corrected chi connectivity index (χ1v) is 7.87. The largest absolute Gasteiger partial charge is 0.493 e. The maximum atomic E-state index is 12.1. The standard InChI is InChI=1S/C19H20ClNO3/c1-13(15-5-4-6-16(20)12-15)21-19(22)10-8-14-7-9-17(23-2)18(11-14)24-3/h4-13H,1-3H3,(H,21,22)/b10-8+/t13-/m0/s1. The van der Waals surface area contributed by atoms with Gasteiger partial charge in [0.1, 0.15) is 0 Å². The predicted molar refractivity (Wildman–Crippen MR) is 96.6 cm³/mol. The summed E-state index contributed by atoms with van der Waals surface area (Å²) >= 11 is 5.97. The number of amides is 1. The van der Waals surface area contributed by atoms with E-state index in [1.165, 1.54) is 6.08 Å². The van der Waals surface area contributed by atoms with Crippen molar-refractivity contribution in [1.29, 1.82) is 0 Å². The molecular weight excluding hydrogens is 326 g/mol. The molecule has 2 aromatic carbocycles. The number of nitrogens with one attached hydrogen (secondary N) is 1. The number of benzene rings is 2. The third kappa shape index (κ3) is 4.77. The minimum absolute atomic E-state index is 0.133. The summed E-state index contributed by atoms with van der Waals surface area (Å²) in [6.07, 6.45) is 3.21. The molecule has 0 heterocycles. The zero-order valence-electron chi connectivity index (χ0n) is 13.9. The molecule has 126 valence electrons. The van der Waals surface area contributed by atoms with Crippen LogP contribution in [0.2, 0.25) is 5.02 Å². The molecule has 1 atom stereocenters. The van der Waals surface area contributed by atoms with E-state index in [9.17, 15) is 4.79 Å². The van der Waals surface area contributed by atoms with E-state index in [4.69, 9.17) is 21.1 Å². The van der Waals surface area contributed by atoms with Gasteiger partial charge < -0.3 is 14.8 Å². The Balaban J connectivity index is 2.02. The maximum absolute atomic E-state index is 12.1. The average molecular weight is 346 g/mol. The normalized spacial score (nSPS) is 12.0. The van der Waals surface area contributed by atoms with Crippen molar-refractivity contribution < 1.29 is 14.3 Å². The number of carbonyl (C=O) groups is 1. The van der Waals surface area contributed by atoms with Gasteiger partial charge in [-0.15, -0.1) is 0 Å². The molecule has 0 unspecified atom stereocenters. The summed E-state index contributed by atoms with van der Waals surface area (Å²) in [5.41, 5.74) is 1.80. The smallest absolute Gasteiger partial charge is 0.244 e. The van der Waals surface area contributed by atoms with Crippen LogP contribution in [0.4, 0.5) is 0 Å². The first-order valence-electron chi connectivity index (χ1n) is 7.49. The third-order valence-corrected chi connectivity index (χ3v) is 3.78. The van der Waals surface area contributed by atoms with E-state index < -0.39 is 0 Å². The van der Waals surface area contributed by atoms with Gasteiger partial charge in [-0.1, -0.05) is 29.8 Å². The lowest BCUT2D eigenvalue weighted by Crippen LogP contribution is -2.24. The van der Waals surface area contributed by atoms with Gasteiger partial charge in [-0.2, -0.15) is 0 Å². The number of hydrogen-bond acceptors (Lipinski definition) is 3. The molecule has 1 N–H and O–H groups in total. The van der Waals surface area contributed by atoms with Gasteiger partial charge in [0.05, 0.1) is 20.3 Å². The van der Waals surface area contributed by atoms with Gasteiger partial charge in [0, 0.05) is 11.1 Å². The lowest BCUT2D eigenvalue weighted by atomic mass is 10.1. The quantitative estimate of drug-likeness (QED) is 0.796. The molecule has 1 amide bonds. The van der Waals surface area contributed by atoms with Gasteiger partial charge in [0.25, 0.3) is 0 Å². The first-order chi connectivity index (χ1) is 11.5. The van der Waals surface area contributed by atoms with Gasteiger partial charge in [-0.05, 0) is 48.4 Å². The summed E-state index contributed by atoms with van der Waals surface area (Å²) in [5, 5.41) is 3.55. The molecule has 0 aliphatic heterocycles. The van der Waals surface area contributed by atoms with Gasteiger partial charge >= 0.3 is 0 Å². The summed E-state index contributed by atoms with van der Waals surface area (Å²) in [4.78, 5) is 12.1. The molecule has 0 bridgehead atoms. The summed E-state index contributed by atoms with van der Waals surface area (Å²) in [5.74, 6) is 1.08. The van der Waals surface area contributed by atoms with E-state index >= 15 is 0 Å². The van der Waals surface area contributed by atoms with E-state index in [-0.39, 0.29) is 11.9 Å². The van der Waals surface area contributed by atoms with Crippen molar-refractivity contribution in [3.8, 4) is 11.5 Å². The van der Waals surface area contributed by atoms with Gasteiger partial charge in [-0.3, -0.25) is 4.79 Å². The highest BCUT2D eigenvalue weighted by molar-refractivity contribution is 6.30. The van der Waals surface area contributed by atoms with Crippen LogP contribution >= 0.6 is 11.6 Å². The fraction of sp³-hybridized carbons (Fsp3) is 0.211. The number of carbonyl (C=O) groups excluding carboxylic acids is 1. The molecule has 2 aromatic rings. The van der Waals surface area contributed by atoms with Crippen LogP contribution in [0.1, 0.15) is 24.1 Å². The third-order valence-electron chi connectivity index (χ3n) is 3.54. The summed E-state index contributed by atoms with van der Waals surface area (Å²) < 4.78 is 10.4. The minimum atomic E-state index is -0.183. The molecule has 0 fully saturated rings. The number of ether oxygens (including phenoxy) is 2. The van der Waals surface area contributed by atoms with Crippen molar-refractivity contribution in [2.45, 2.75) is 13.0 Å². The second-order valence-electron chi connectivity index (χ2n) is 5.23. The monoisotopic (exact) mass is 345 g/mol. The van der Waals surface area contributed by atoms with Crippen LogP contribution in [0.5, 0.6) is 11.5 Å². The maximum Gasteiger partial charge on any atom is 0.244 e. The average Bonchev–Trinajstić information content (AvgIpc) is 2.59. The van der Waals surface area contributed by atoms with E-state index in [0.717, 1.165) is 11.1 Å². The molecule has 0 saturated heterocycles. The van der Waals surface area contributed by atoms with Crippen molar-refractivity contribution >= 4 is 23.6 Å². The Morgan fingerprint density at radius 3 is 2.54 bits per heavy atom. The zero-order chi connectivity index (χ0) is 17.5. The van der Waals surface area contributed by atoms with Gasteiger partial charge in [0.2, 0.25) is 5.91 Å². The highest BCUT2D eigenvalue weighted by atomic mass is 35.5. The molecule has 5 heteroatoms. The zero-order valence-corrected chi connectivity index (χ0v) is 14.6. The number of methoxy groups -OCH3 is 2. The van der Waals surface area contributed by atoms with Crippen LogP contribution in [-0.4, -0.2) is 20.1 Å². The molecule has 0 radical (unpaired) electrons. The second-order valence-corrected chi connectivity index (χ2v) is 5.67. The van der Waals surface area contributed by atoms with Gasteiger partial charge in [0.15, 0.2) is 11.5 Å². The van der Waals surface area contributed by atoms with Crippen LogP contribution in [0.15, 0.2) is 48.5 Å². The SMILES string of the molecule is COc1ccc(/C=C/C(=O)N[C@@H](C)c2cccc(Cl)c2)cc1OC. The molecule has 4 nitrogen and oxygen atoms in total. The lowest BCUT2D eigenvalue weighted by molar-refractivity contribution is -0.117. The Morgan fingerprint density at radius 1 is 1.12 bits per heavy atom. The van der Waals surface area contributed by atoms with E-state index in [1.54, 1.807) is 32.4 Å². The Hall–Kier alpha value is -2.46. The topological polar surface area (TPSA) is 47.6 Å². The number of rotatable bonds is 6. The van der Waals surface area contributed by atoms with Crippen LogP contribution in [0, 0.1) is 0 Å². The molecule has 0 aromatic heterocycles. The fourth-order valence-corrected chi connectivity index (χ4v) is 2.45. The first kappa shape index (κ1) is 17.9. The fourth-order valence-electron chi connectivity index (χ4n) is 2.25. The number of halogens is 1. The molecule has 0 aliphatic rings. The molecule has 2 rings (SSSR count). The van der Waals surface area contributed by atoms with Crippen LogP contribution in [-0.2, 0) is 4.79 Å². The van der Waals surface area contributed by atoms with Gasteiger partial charge in [-0.25, -0.2) is 0 Å². The van der Waals surface area contributed by atoms with Crippen molar-refractivity contribution in [3.05, 3.63) is 64.7 Å². The Kier molecular flexibility index (Phi) is 6.27. The second kappa shape index (κ2) is 8.41. The minimum Gasteiger partial charge on any atom is -0.493 e. The Labute approximate surface area is 147 Å². The number of hydrogen-bond donors (Lipinski definition) is 1. The molecule has 0 spiro atoms. The van der Waals surface area contributed by atoms with Crippen molar-refractivity contribution in [2.75, 3.05) is 14.2 Å². The van der Waals surface area contributed by atoms with Crippen LogP contribution in [0.25, 0.3) is 6.08 Å². The van der Waals surface area contributed by atoms with Crippen LogP contribution in [0.3, 0.4) is 0 Å². The molecule has 24 heavy (non-hydrogen) atoms. The van der Waals surface area contributed by atoms with E-state index in [1.807, 2.05) is 37.3 Å². The highest BCUT2D eigenvalue weighted by Gasteiger charge is 2.08. The Morgan fingerprint density at radius 2 is 1.88 bits per heavy atom. The molecule has 0 saturated carbocycles.